The van der Waals surface area contributed by atoms with Crippen LogP contribution in [0.25, 0.3) is 0 Å². The summed E-state index contributed by atoms with van der Waals surface area (Å²) < 4.78 is 5.03. The molecule has 1 saturated carbocycles. The molecule has 0 radical (unpaired) electrons. The average molecular weight is 256 g/mol. The summed E-state index contributed by atoms with van der Waals surface area (Å²) >= 11 is 0. The van der Waals surface area contributed by atoms with Crippen LogP contribution in [0.15, 0.2) is 0 Å². The molecule has 2 unspecified atom stereocenters. The van der Waals surface area contributed by atoms with Gasteiger partial charge in [-0.05, 0) is 38.6 Å². The highest BCUT2D eigenvalue weighted by Crippen LogP contribution is 2.24. The normalized spacial score (nSPS) is 23.9. The van der Waals surface area contributed by atoms with E-state index in [2.05, 4.69) is 10.6 Å². The lowest BCUT2D eigenvalue weighted by Gasteiger charge is -2.31. The van der Waals surface area contributed by atoms with Crippen molar-refractivity contribution in [2.24, 2.45) is 5.92 Å². The molecule has 0 saturated heterocycles. The second-order valence-corrected chi connectivity index (χ2v) is 5.12. The Labute approximate surface area is 111 Å². The predicted molar refractivity (Wildman–Crippen MR) is 73.5 cm³/mol. The van der Waals surface area contributed by atoms with Crippen molar-refractivity contribution in [1.29, 1.82) is 0 Å². The van der Waals surface area contributed by atoms with Gasteiger partial charge in [0.1, 0.15) is 0 Å². The summed E-state index contributed by atoms with van der Waals surface area (Å²) in [5.74, 6) is 0.370. The molecule has 1 amide bonds. The van der Waals surface area contributed by atoms with Crippen molar-refractivity contribution in [1.82, 2.24) is 10.6 Å². The van der Waals surface area contributed by atoms with E-state index in [0.717, 1.165) is 32.4 Å². The van der Waals surface area contributed by atoms with E-state index in [1.54, 1.807) is 14.2 Å². The number of carbonyl (C=O) groups excluding carboxylic acids is 1. The molecule has 0 bridgehead atoms. The number of hydrogen-bond acceptors (Lipinski definition) is 3. The molecule has 0 heterocycles. The fourth-order valence-electron chi connectivity index (χ4n) is 2.71. The fourth-order valence-corrected chi connectivity index (χ4v) is 2.71. The molecule has 0 aromatic rings. The van der Waals surface area contributed by atoms with Crippen molar-refractivity contribution in [3.8, 4) is 0 Å². The van der Waals surface area contributed by atoms with Crippen LogP contribution in [-0.4, -0.2) is 39.3 Å². The Morgan fingerprint density at radius 3 is 2.72 bits per heavy atom. The third kappa shape index (κ3) is 5.36. The molecule has 0 aromatic carbocycles. The Kier molecular flexibility index (Phi) is 8.01. The second-order valence-electron chi connectivity index (χ2n) is 5.12. The summed E-state index contributed by atoms with van der Waals surface area (Å²) in [6, 6.07) is 0.376. The van der Waals surface area contributed by atoms with Crippen molar-refractivity contribution in [3.63, 3.8) is 0 Å². The number of rotatable bonds is 8. The molecule has 0 aromatic heterocycles. The van der Waals surface area contributed by atoms with E-state index in [0.29, 0.717) is 6.04 Å². The monoisotopic (exact) mass is 256 g/mol. The Bertz CT molecular complexity index is 234. The van der Waals surface area contributed by atoms with Crippen molar-refractivity contribution in [2.75, 3.05) is 27.3 Å². The van der Waals surface area contributed by atoms with Crippen LogP contribution < -0.4 is 10.6 Å². The zero-order chi connectivity index (χ0) is 13.2. The first-order valence-electron chi connectivity index (χ1n) is 7.23. The molecule has 4 heteroatoms. The van der Waals surface area contributed by atoms with E-state index in [9.17, 15) is 4.79 Å². The van der Waals surface area contributed by atoms with Crippen LogP contribution in [0.1, 0.15) is 44.9 Å². The van der Waals surface area contributed by atoms with Crippen LogP contribution in [0.4, 0.5) is 0 Å². The number of amides is 1. The first kappa shape index (κ1) is 15.4. The van der Waals surface area contributed by atoms with Crippen LogP contribution in [0.5, 0.6) is 0 Å². The molecule has 0 spiro atoms. The van der Waals surface area contributed by atoms with Gasteiger partial charge in [0.15, 0.2) is 0 Å². The fraction of sp³-hybridized carbons (Fsp3) is 0.929. The highest BCUT2D eigenvalue weighted by molar-refractivity contribution is 5.79. The number of ether oxygens (including phenoxy) is 1. The van der Waals surface area contributed by atoms with Crippen LogP contribution in [0.2, 0.25) is 0 Å². The van der Waals surface area contributed by atoms with E-state index in [-0.39, 0.29) is 11.8 Å². The van der Waals surface area contributed by atoms with Crippen LogP contribution in [0.3, 0.4) is 0 Å². The summed E-state index contributed by atoms with van der Waals surface area (Å²) in [6.45, 7) is 1.87. The molecule has 18 heavy (non-hydrogen) atoms. The van der Waals surface area contributed by atoms with Gasteiger partial charge in [-0.25, -0.2) is 0 Å². The summed E-state index contributed by atoms with van der Waals surface area (Å²) in [6.07, 6.45) is 8.08. The molecule has 1 fully saturated rings. The molecular formula is C14H28N2O2. The van der Waals surface area contributed by atoms with Crippen LogP contribution in [0, 0.1) is 5.92 Å². The van der Waals surface area contributed by atoms with E-state index >= 15 is 0 Å². The lowest BCUT2D eigenvalue weighted by Crippen LogP contribution is -2.45. The highest BCUT2D eigenvalue weighted by Gasteiger charge is 2.29. The third-order valence-electron chi connectivity index (χ3n) is 3.78. The first-order chi connectivity index (χ1) is 8.79. The van der Waals surface area contributed by atoms with Gasteiger partial charge in [0, 0.05) is 26.8 Å². The SMILES string of the molecule is CNC(=O)C1CCCCC1NCCCCCOC. The van der Waals surface area contributed by atoms with Crippen LogP contribution >= 0.6 is 0 Å². The lowest BCUT2D eigenvalue weighted by molar-refractivity contribution is -0.126. The van der Waals surface area contributed by atoms with Gasteiger partial charge in [-0.15, -0.1) is 0 Å². The Balaban J connectivity index is 2.19. The number of carbonyl (C=O) groups is 1. The molecule has 2 N–H and O–H groups in total. The number of methoxy groups -OCH3 is 1. The number of nitrogens with one attached hydrogen (secondary N) is 2. The Hall–Kier alpha value is -0.610. The maximum absolute atomic E-state index is 11.8. The number of unbranched alkanes of at least 4 members (excludes halogenated alkanes) is 2. The molecule has 1 aliphatic rings. The van der Waals surface area contributed by atoms with Crippen molar-refractivity contribution in [2.45, 2.75) is 51.0 Å². The highest BCUT2D eigenvalue weighted by atomic mass is 16.5. The molecule has 106 valence electrons. The van der Waals surface area contributed by atoms with Gasteiger partial charge in [-0.2, -0.15) is 0 Å². The lowest BCUT2D eigenvalue weighted by atomic mass is 9.84. The van der Waals surface area contributed by atoms with E-state index in [1.165, 1.54) is 25.7 Å². The maximum atomic E-state index is 11.8. The maximum Gasteiger partial charge on any atom is 0.224 e. The Morgan fingerprint density at radius 2 is 2.00 bits per heavy atom. The summed E-state index contributed by atoms with van der Waals surface area (Å²) in [5.41, 5.74) is 0. The molecule has 4 nitrogen and oxygen atoms in total. The third-order valence-corrected chi connectivity index (χ3v) is 3.78. The van der Waals surface area contributed by atoms with Gasteiger partial charge in [-0.3, -0.25) is 4.79 Å². The van der Waals surface area contributed by atoms with Gasteiger partial charge in [-0.1, -0.05) is 12.8 Å². The minimum Gasteiger partial charge on any atom is -0.385 e. The largest absolute Gasteiger partial charge is 0.385 e. The zero-order valence-corrected chi connectivity index (χ0v) is 11.8. The topological polar surface area (TPSA) is 50.4 Å². The van der Waals surface area contributed by atoms with Crippen molar-refractivity contribution in [3.05, 3.63) is 0 Å². The van der Waals surface area contributed by atoms with Crippen molar-refractivity contribution < 1.29 is 9.53 Å². The van der Waals surface area contributed by atoms with Gasteiger partial charge >= 0.3 is 0 Å². The molecule has 1 rings (SSSR count). The quantitative estimate of drug-likeness (QED) is 0.650. The molecule has 1 aliphatic carbocycles. The molecule has 2 atom stereocenters. The van der Waals surface area contributed by atoms with E-state index in [4.69, 9.17) is 4.74 Å². The minimum atomic E-state index is 0.169. The van der Waals surface area contributed by atoms with E-state index in [1.807, 2.05) is 0 Å². The summed E-state index contributed by atoms with van der Waals surface area (Å²) in [7, 11) is 3.48. The standard InChI is InChI=1S/C14H28N2O2/c1-15-14(17)12-8-4-5-9-13(12)16-10-6-3-7-11-18-2/h12-13,16H,3-11H2,1-2H3,(H,15,17). The van der Waals surface area contributed by atoms with Crippen LogP contribution in [-0.2, 0) is 9.53 Å². The van der Waals surface area contributed by atoms with Gasteiger partial charge < -0.3 is 15.4 Å². The molecule has 0 aliphatic heterocycles. The van der Waals surface area contributed by atoms with Crippen molar-refractivity contribution >= 4 is 5.91 Å². The summed E-state index contributed by atoms with van der Waals surface area (Å²) in [4.78, 5) is 11.8. The Morgan fingerprint density at radius 1 is 1.22 bits per heavy atom. The van der Waals surface area contributed by atoms with Gasteiger partial charge in [0.2, 0.25) is 5.91 Å². The van der Waals surface area contributed by atoms with Gasteiger partial charge in [0.05, 0.1) is 5.92 Å². The number of hydrogen-bond donors (Lipinski definition) is 2. The average Bonchev–Trinajstić information content (AvgIpc) is 2.42. The van der Waals surface area contributed by atoms with E-state index < -0.39 is 0 Å². The first-order valence-corrected chi connectivity index (χ1v) is 7.23. The predicted octanol–water partition coefficient (Wildman–Crippen LogP) is 1.70. The summed E-state index contributed by atoms with van der Waals surface area (Å²) in [5, 5.41) is 6.35. The second kappa shape index (κ2) is 9.34. The minimum absolute atomic E-state index is 0.169. The smallest absolute Gasteiger partial charge is 0.224 e. The zero-order valence-electron chi connectivity index (χ0n) is 11.8. The molecular weight excluding hydrogens is 228 g/mol. The van der Waals surface area contributed by atoms with Gasteiger partial charge in [0.25, 0.3) is 0 Å².